The fraction of sp³-hybridized carbons (Fsp3) is 0.462. The van der Waals surface area contributed by atoms with Crippen LogP contribution in [0.15, 0.2) is 29.2 Å². The number of aryl methyl sites for hydroxylation is 1. The summed E-state index contributed by atoms with van der Waals surface area (Å²) in [5, 5.41) is 0. The molecule has 0 atom stereocenters. The molecular formula is C13H19NOS. The molecule has 0 aliphatic rings. The molecule has 0 bridgehead atoms. The van der Waals surface area contributed by atoms with Crippen LogP contribution in [-0.4, -0.2) is 11.8 Å². The number of rotatable bonds is 6. The standard InChI is InChI=1S/C13H19NOS/c1-4-7-11-8-5-6-9-12(11)16-14-13(2,3)10-15/h5-6,8-10,14H,4,7H2,1-3H3. The van der Waals surface area contributed by atoms with Crippen LogP contribution in [-0.2, 0) is 11.2 Å². The zero-order valence-electron chi connectivity index (χ0n) is 10.1. The lowest BCUT2D eigenvalue weighted by Gasteiger charge is -2.19. The van der Waals surface area contributed by atoms with Crippen LogP contribution in [0.1, 0.15) is 32.8 Å². The maximum atomic E-state index is 10.8. The average molecular weight is 237 g/mol. The smallest absolute Gasteiger partial charge is 0.140 e. The third-order valence-electron chi connectivity index (χ3n) is 2.21. The lowest BCUT2D eigenvalue weighted by molar-refractivity contribution is -0.111. The van der Waals surface area contributed by atoms with Crippen LogP contribution in [0.5, 0.6) is 0 Å². The van der Waals surface area contributed by atoms with Crippen molar-refractivity contribution >= 4 is 18.2 Å². The van der Waals surface area contributed by atoms with Crippen LogP contribution in [0, 0.1) is 0 Å². The predicted molar refractivity (Wildman–Crippen MR) is 69.6 cm³/mol. The summed E-state index contributed by atoms with van der Waals surface area (Å²) in [5.74, 6) is 0. The SMILES string of the molecule is CCCc1ccccc1SNC(C)(C)C=O. The van der Waals surface area contributed by atoms with Crippen molar-refractivity contribution in [3.8, 4) is 0 Å². The molecule has 88 valence electrons. The van der Waals surface area contributed by atoms with Gasteiger partial charge in [0, 0.05) is 4.90 Å². The third-order valence-corrected chi connectivity index (χ3v) is 3.46. The largest absolute Gasteiger partial charge is 0.301 e. The Morgan fingerprint density at radius 3 is 2.69 bits per heavy atom. The molecule has 0 saturated heterocycles. The summed E-state index contributed by atoms with van der Waals surface area (Å²) in [6.45, 7) is 5.91. The van der Waals surface area contributed by atoms with E-state index in [1.54, 1.807) is 0 Å². The average Bonchev–Trinajstić information content (AvgIpc) is 2.28. The van der Waals surface area contributed by atoms with Gasteiger partial charge in [-0.25, -0.2) is 4.72 Å². The summed E-state index contributed by atoms with van der Waals surface area (Å²) in [4.78, 5) is 12.0. The van der Waals surface area contributed by atoms with Crippen molar-refractivity contribution in [2.24, 2.45) is 0 Å². The predicted octanol–water partition coefficient (Wildman–Crippen LogP) is 3.21. The van der Waals surface area contributed by atoms with E-state index in [4.69, 9.17) is 0 Å². The molecule has 0 spiro atoms. The Kier molecular flexibility index (Phi) is 5.03. The number of carbonyl (C=O) groups is 1. The minimum atomic E-state index is -0.482. The molecule has 0 aliphatic carbocycles. The fourth-order valence-corrected chi connectivity index (χ4v) is 2.16. The molecule has 2 nitrogen and oxygen atoms in total. The van der Waals surface area contributed by atoms with Gasteiger partial charge in [-0.15, -0.1) is 0 Å². The first-order valence-electron chi connectivity index (χ1n) is 5.57. The third kappa shape index (κ3) is 3.99. The van der Waals surface area contributed by atoms with E-state index in [1.165, 1.54) is 22.4 Å². The Morgan fingerprint density at radius 2 is 2.06 bits per heavy atom. The molecule has 0 aromatic heterocycles. The zero-order valence-corrected chi connectivity index (χ0v) is 10.9. The number of benzene rings is 1. The van der Waals surface area contributed by atoms with E-state index >= 15 is 0 Å². The number of carbonyl (C=O) groups excluding carboxylic acids is 1. The second-order valence-electron chi connectivity index (χ2n) is 4.40. The van der Waals surface area contributed by atoms with Crippen molar-refractivity contribution in [3.63, 3.8) is 0 Å². The second kappa shape index (κ2) is 6.06. The molecule has 0 aliphatic heterocycles. The maximum Gasteiger partial charge on any atom is 0.140 e. The summed E-state index contributed by atoms with van der Waals surface area (Å²) < 4.78 is 3.17. The first-order valence-corrected chi connectivity index (χ1v) is 6.39. The van der Waals surface area contributed by atoms with Gasteiger partial charge in [0.15, 0.2) is 0 Å². The van der Waals surface area contributed by atoms with Crippen molar-refractivity contribution in [2.45, 2.75) is 44.0 Å². The van der Waals surface area contributed by atoms with Gasteiger partial charge in [0.25, 0.3) is 0 Å². The van der Waals surface area contributed by atoms with E-state index in [-0.39, 0.29) is 0 Å². The maximum absolute atomic E-state index is 10.8. The molecule has 0 amide bonds. The first kappa shape index (κ1) is 13.3. The summed E-state index contributed by atoms with van der Waals surface area (Å²) in [7, 11) is 0. The van der Waals surface area contributed by atoms with Crippen molar-refractivity contribution in [2.75, 3.05) is 0 Å². The number of nitrogens with one attached hydrogen (secondary N) is 1. The molecule has 0 heterocycles. The summed E-state index contributed by atoms with van der Waals surface area (Å²) in [6, 6.07) is 8.31. The minimum absolute atomic E-state index is 0.482. The van der Waals surface area contributed by atoms with Crippen LogP contribution < -0.4 is 4.72 Å². The van der Waals surface area contributed by atoms with E-state index in [2.05, 4.69) is 29.8 Å². The molecule has 0 unspecified atom stereocenters. The van der Waals surface area contributed by atoms with Crippen LogP contribution in [0.3, 0.4) is 0 Å². The van der Waals surface area contributed by atoms with E-state index < -0.39 is 5.54 Å². The van der Waals surface area contributed by atoms with Crippen LogP contribution >= 0.6 is 11.9 Å². The Labute approximate surface area is 102 Å². The molecular weight excluding hydrogens is 218 g/mol. The topological polar surface area (TPSA) is 29.1 Å². The van der Waals surface area contributed by atoms with E-state index in [9.17, 15) is 4.79 Å². The van der Waals surface area contributed by atoms with Gasteiger partial charge in [-0.3, -0.25) is 0 Å². The molecule has 0 fully saturated rings. The quantitative estimate of drug-likeness (QED) is 0.608. The summed E-state index contributed by atoms with van der Waals surface area (Å²) >= 11 is 1.54. The summed E-state index contributed by atoms with van der Waals surface area (Å²) in [5.41, 5.74) is 0.855. The first-order chi connectivity index (χ1) is 7.59. The molecule has 3 heteroatoms. The monoisotopic (exact) mass is 237 g/mol. The van der Waals surface area contributed by atoms with Gasteiger partial charge in [0.2, 0.25) is 0 Å². The highest BCUT2D eigenvalue weighted by molar-refractivity contribution is 7.97. The molecule has 1 aromatic rings. The highest BCUT2D eigenvalue weighted by Crippen LogP contribution is 2.23. The Morgan fingerprint density at radius 1 is 1.38 bits per heavy atom. The highest BCUT2D eigenvalue weighted by Gasteiger charge is 2.16. The van der Waals surface area contributed by atoms with Crippen molar-refractivity contribution < 1.29 is 4.79 Å². The van der Waals surface area contributed by atoms with Crippen molar-refractivity contribution in [3.05, 3.63) is 29.8 Å². The number of hydrogen-bond donors (Lipinski definition) is 1. The van der Waals surface area contributed by atoms with Crippen LogP contribution in [0.2, 0.25) is 0 Å². The molecule has 0 saturated carbocycles. The van der Waals surface area contributed by atoms with Crippen molar-refractivity contribution in [1.82, 2.24) is 4.72 Å². The van der Waals surface area contributed by atoms with Crippen molar-refractivity contribution in [1.29, 1.82) is 0 Å². The van der Waals surface area contributed by atoms with Gasteiger partial charge in [-0.1, -0.05) is 31.5 Å². The molecule has 0 radical (unpaired) electrons. The second-order valence-corrected chi connectivity index (χ2v) is 5.25. The molecule has 1 aromatic carbocycles. The van der Waals surface area contributed by atoms with E-state index in [0.29, 0.717) is 0 Å². The van der Waals surface area contributed by atoms with Gasteiger partial charge in [-0.2, -0.15) is 0 Å². The van der Waals surface area contributed by atoms with E-state index in [1.807, 2.05) is 19.9 Å². The highest BCUT2D eigenvalue weighted by atomic mass is 32.2. The minimum Gasteiger partial charge on any atom is -0.301 e. The molecule has 16 heavy (non-hydrogen) atoms. The van der Waals surface area contributed by atoms with Gasteiger partial charge in [0.1, 0.15) is 6.29 Å². The van der Waals surface area contributed by atoms with Crippen LogP contribution in [0.25, 0.3) is 0 Å². The molecule has 1 rings (SSSR count). The van der Waals surface area contributed by atoms with Gasteiger partial charge < -0.3 is 4.79 Å². The Balaban J connectivity index is 2.69. The van der Waals surface area contributed by atoms with Gasteiger partial charge in [-0.05, 0) is 43.8 Å². The fourth-order valence-electron chi connectivity index (χ4n) is 1.29. The van der Waals surface area contributed by atoms with E-state index in [0.717, 1.165) is 19.1 Å². The summed E-state index contributed by atoms with van der Waals surface area (Å²) in [6.07, 6.45) is 3.14. The number of aldehydes is 1. The number of hydrogen-bond acceptors (Lipinski definition) is 3. The molecule has 1 N–H and O–H groups in total. The Hall–Kier alpha value is -0.800. The zero-order chi connectivity index (χ0) is 12.0. The van der Waals surface area contributed by atoms with Gasteiger partial charge in [0.05, 0.1) is 5.54 Å². The normalized spacial score (nSPS) is 11.4. The Bertz CT molecular complexity index is 350. The van der Waals surface area contributed by atoms with Crippen LogP contribution in [0.4, 0.5) is 0 Å². The lowest BCUT2D eigenvalue weighted by atomic mass is 10.1. The van der Waals surface area contributed by atoms with Gasteiger partial charge >= 0.3 is 0 Å². The lowest BCUT2D eigenvalue weighted by Crippen LogP contribution is -2.35.